The highest BCUT2D eigenvalue weighted by molar-refractivity contribution is 5.73. The highest BCUT2D eigenvalue weighted by Gasteiger charge is 2.00. The normalized spacial score (nSPS) is 10.7. The molecule has 1 rings (SSSR count). The molecule has 0 bridgehead atoms. The van der Waals surface area contributed by atoms with Gasteiger partial charge in [-0.2, -0.15) is 5.26 Å². The molecule has 0 N–H and O–H groups in total. The van der Waals surface area contributed by atoms with E-state index in [0.717, 1.165) is 0 Å². The Morgan fingerprint density at radius 2 is 2.31 bits per heavy atom. The van der Waals surface area contributed by atoms with Crippen molar-refractivity contribution in [2.75, 3.05) is 14.1 Å². The van der Waals surface area contributed by atoms with E-state index in [-0.39, 0.29) is 0 Å². The van der Waals surface area contributed by atoms with Gasteiger partial charge in [-0.05, 0) is 12.1 Å². The van der Waals surface area contributed by atoms with Gasteiger partial charge in [0, 0.05) is 26.5 Å². The molecule has 3 nitrogen and oxygen atoms in total. The van der Waals surface area contributed by atoms with Crippen molar-refractivity contribution in [1.29, 1.82) is 5.26 Å². The highest BCUT2D eigenvalue weighted by atomic mass is 15.0. The molecule has 0 atom stereocenters. The number of allylic oxidation sites excluding steroid dienone is 1. The van der Waals surface area contributed by atoms with Crippen molar-refractivity contribution in [2.45, 2.75) is 0 Å². The van der Waals surface area contributed by atoms with E-state index in [0.29, 0.717) is 11.3 Å². The molecule has 0 spiro atoms. The first kappa shape index (κ1) is 9.27. The first-order valence-corrected chi connectivity index (χ1v) is 3.94. The van der Waals surface area contributed by atoms with Gasteiger partial charge in [0.2, 0.25) is 0 Å². The van der Waals surface area contributed by atoms with Crippen LogP contribution in [0.5, 0.6) is 0 Å². The quantitative estimate of drug-likeness (QED) is 0.636. The summed E-state index contributed by atoms with van der Waals surface area (Å²) in [5.41, 5.74) is 1.28. The third kappa shape index (κ3) is 2.60. The average molecular weight is 173 g/mol. The number of rotatable bonds is 2. The van der Waals surface area contributed by atoms with Crippen LogP contribution in [0.15, 0.2) is 30.6 Å². The maximum Gasteiger partial charge on any atom is 0.103 e. The molecule has 3 heteroatoms. The molecule has 1 aromatic rings. The Balaban J connectivity index is 3.00. The van der Waals surface area contributed by atoms with Crippen LogP contribution < -0.4 is 0 Å². The van der Waals surface area contributed by atoms with Crippen molar-refractivity contribution in [1.82, 2.24) is 9.88 Å². The van der Waals surface area contributed by atoms with Crippen LogP contribution in [0.2, 0.25) is 0 Å². The fraction of sp³-hybridized carbons (Fsp3) is 0.200. The molecule has 0 unspecified atom stereocenters. The number of hydrogen-bond donors (Lipinski definition) is 0. The molecule has 13 heavy (non-hydrogen) atoms. The predicted molar refractivity (Wildman–Crippen MR) is 51.5 cm³/mol. The van der Waals surface area contributed by atoms with Crippen LogP contribution in [-0.2, 0) is 0 Å². The van der Waals surface area contributed by atoms with Crippen molar-refractivity contribution in [3.05, 3.63) is 36.3 Å². The first-order chi connectivity index (χ1) is 6.24. The Kier molecular flexibility index (Phi) is 3.04. The van der Waals surface area contributed by atoms with Crippen molar-refractivity contribution in [3.8, 4) is 6.07 Å². The molecule has 0 aliphatic rings. The van der Waals surface area contributed by atoms with E-state index in [4.69, 9.17) is 5.26 Å². The Hall–Kier alpha value is -1.82. The Labute approximate surface area is 77.9 Å². The number of nitrogens with zero attached hydrogens (tertiary/aromatic N) is 3. The van der Waals surface area contributed by atoms with Crippen LogP contribution in [0, 0.1) is 11.3 Å². The standard InChI is InChI=1S/C10H11N3/c1-13(2)8-9(7-11)10-5-3-4-6-12-10/h3-6,8H,1-2H3/b9-8-. The fourth-order valence-electron chi connectivity index (χ4n) is 0.933. The van der Waals surface area contributed by atoms with Crippen LogP contribution in [0.1, 0.15) is 5.69 Å². The molecule has 0 fully saturated rings. The molecule has 1 heterocycles. The van der Waals surface area contributed by atoms with E-state index in [2.05, 4.69) is 11.1 Å². The summed E-state index contributed by atoms with van der Waals surface area (Å²) in [7, 11) is 3.75. The lowest BCUT2D eigenvalue weighted by molar-refractivity contribution is 0.566. The predicted octanol–water partition coefficient (Wildman–Crippen LogP) is 1.51. The number of aromatic nitrogens is 1. The van der Waals surface area contributed by atoms with Crippen LogP contribution in [0.4, 0.5) is 0 Å². The van der Waals surface area contributed by atoms with E-state index in [9.17, 15) is 0 Å². The minimum Gasteiger partial charge on any atom is -0.382 e. The second kappa shape index (κ2) is 4.27. The summed E-state index contributed by atoms with van der Waals surface area (Å²) < 4.78 is 0. The zero-order valence-electron chi connectivity index (χ0n) is 7.73. The molecule has 0 aliphatic carbocycles. The van der Waals surface area contributed by atoms with E-state index >= 15 is 0 Å². The SMILES string of the molecule is CN(C)/C=C(/C#N)c1ccccn1. The molecule has 0 aliphatic heterocycles. The molecule has 0 saturated heterocycles. The molecule has 0 aromatic carbocycles. The Morgan fingerprint density at radius 1 is 1.54 bits per heavy atom. The van der Waals surface area contributed by atoms with Gasteiger partial charge >= 0.3 is 0 Å². The van der Waals surface area contributed by atoms with Crippen molar-refractivity contribution in [2.24, 2.45) is 0 Å². The van der Waals surface area contributed by atoms with Gasteiger partial charge in [0.15, 0.2) is 0 Å². The Morgan fingerprint density at radius 3 is 2.77 bits per heavy atom. The van der Waals surface area contributed by atoms with Gasteiger partial charge in [0.1, 0.15) is 6.07 Å². The second-order valence-corrected chi connectivity index (χ2v) is 2.83. The summed E-state index contributed by atoms with van der Waals surface area (Å²) >= 11 is 0. The third-order valence-corrected chi connectivity index (χ3v) is 1.45. The Bertz CT molecular complexity index is 333. The maximum absolute atomic E-state index is 8.84. The lowest BCUT2D eigenvalue weighted by atomic mass is 10.2. The molecule has 1 aromatic heterocycles. The summed E-state index contributed by atoms with van der Waals surface area (Å²) in [6.45, 7) is 0. The summed E-state index contributed by atoms with van der Waals surface area (Å²) in [6.07, 6.45) is 3.43. The summed E-state index contributed by atoms with van der Waals surface area (Å²) in [5.74, 6) is 0. The van der Waals surface area contributed by atoms with E-state index in [1.54, 1.807) is 12.4 Å². The molecule has 66 valence electrons. The van der Waals surface area contributed by atoms with Gasteiger partial charge in [-0.1, -0.05) is 6.07 Å². The van der Waals surface area contributed by atoms with Crippen LogP contribution in [0.25, 0.3) is 5.57 Å². The zero-order valence-corrected chi connectivity index (χ0v) is 7.73. The van der Waals surface area contributed by atoms with Crippen LogP contribution >= 0.6 is 0 Å². The molecule has 0 amide bonds. The largest absolute Gasteiger partial charge is 0.382 e. The monoisotopic (exact) mass is 173 g/mol. The van der Waals surface area contributed by atoms with Crippen molar-refractivity contribution in [3.63, 3.8) is 0 Å². The molecular weight excluding hydrogens is 162 g/mol. The molecule has 0 radical (unpaired) electrons. The van der Waals surface area contributed by atoms with E-state index in [1.165, 1.54) is 0 Å². The maximum atomic E-state index is 8.84. The van der Waals surface area contributed by atoms with Gasteiger partial charge < -0.3 is 4.90 Å². The van der Waals surface area contributed by atoms with Gasteiger partial charge in [0.05, 0.1) is 11.3 Å². The number of nitriles is 1. The summed E-state index contributed by atoms with van der Waals surface area (Å²) in [4.78, 5) is 5.91. The zero-order chi connectivity index (χ0) is 9.68. The summed E-state index contributed by atoms with van der Waals surface area (Å²) in [6, 6.07) is 7.62. The smallest absolute Gasteiger partial charge is 0.103 e. The first-order valence-electron chi connectivity index (χ1n) is 3.94. The van der Waals surface area contributed by atoms with Crippen molar-refractivity contribution >= 4 is 5.57 Å². The van der Waals surface area contributed by atoms with Crippen LogP contribution in [-0.4, -0.2) is 24.0 Å². The molecular formula is C10H11N3. The number of pyridine rings is 1. The topological polar surface area (TPSA) is 39.9 Å². The van der Waals surface area contributed by atoms with Crippen molar-refractivity contribution < 1.29 is 0 Å². The van der Waals surface area contributed by atoms with E-state index in [1.807, 2.05) is 37.2 Å². The van der Waals surface area contributed by atoms with Gasteiger partial charge in [-0.15, -0.1) is 0 Å². The fourth-order valence-corrected chi connectivity index (χ4v) is 0.933. The van der Waals surface area contributed by atoms with Crippen LogP contribution in [0.3, 0.4) is 0 Å². The van der Waals surface area contributed by atoms with E-state index < -0.39 is 0 Å². The second-order valence-electron chi connectivity index (χ2n) is 2.83. The lowest BCUT2D eigenvalue weighted by Crippen LogP contribution is -2.02. The summed E-state index contributed by atoms with van der Waals surface area (Å²) in [5, 5.41) is 8.84. The highest BCUT2D eigenvalue weighted by Crippen LogP contribution is 2.09. The molecule has 0 saturated carbocycles. The lowest BCUT2D eigenvalue weighted by Gasteiger charge is -2.05. The number of hydrogen-bond acceptors (Lipinski definition) is 3. The third-order valence-electron chi connectivity index (χ3n) is 1.45. The van der Waals surface area contributed by atoms with Gasteiger partial charge in [-0.25, -0.2) is 0 Å². The minimum atomic E-state index is 0.575. The van der Waals surface area contributed by atoms with Gasteiger partial charge in [0.25, 0.3) is 0 Å². The minimum absolute atomic E-state index is 0.575. The van der Waals surface area contributed by atoms with Gasteiger partial charge in [-0.3, -0.25) is 4.98 Å². The average Bonchev–Trinajstić information content (AvgIpc) is 2.15.